The number of H-pyrrole nitrogens is 1. The second-order valence-corrected chi connectivity index (χ2v) is 3.99. The van der Waals surface area contributed by atoms with Gasteiger partial charge in [0.1, 0.15) is 12.4 Å². The van der Waals surface area contributed by atoms with Crippen LogP contribution in [0.1, 0.15) is 36.0 Å². The number of ether oxygens (including phenoxy) is 2. The van der Waals surface area contributed by atoms with E-state index in [0.717, 1.165) is 43.3 Å². The van der Waals surface area contributed by atoms with Crippen LogP contribution >= 0.6 is 0 Å². The van der Waals surface area contributed by atoms with E-state index in [9.17, 15) is 4.79 Å². The van der Waals surface area contributed by atoms with Crippen LogP contribution in [0.25, 0.3) is 0 Å². The van der Waals surface area contributed by atoms with Gasteiger partial charge >= 0.3 is 0 Å². The molecule has 0 saturated carbocycles. The monoisotopic (exact) mass is 224 g/mol. The normalized spacial score (nSPS) is 17.3. The fraction of sp³-hybridized carbons (Fsp3) is 0.636. The number of nitrogens with one attached hydrogen (secondary N) is 1. The summed E-state index contributed by atoms with van der Waals surface area (Å²) in [5.74, 6) is 1.43. The number of hydrogen-bond donors (Lipinski definition) is 1. The molecule has 0 spiro atoms. The summed E-state index contributed by atoms with van der Waals surface area (Å²) in [5, 5.41) is 0. The molecule has 2 heterocycles. The topological polar surface area (TPSA) is 64.2 Å². The fourth-order valence-corrected chi connectivity index (χ4v) is 1.94. The van der Waals surface area contributed by atoms with Crippen molar-refractivity contribution in [3.63, 3.8) is 0 Å². The minimum atomic E-state index is 0.245. The molecule has 1 aromatic rings. The molecule has 2 rings (SSSR count). The highest BCUT2D eigenvalue weighted by Crippen LogP contribution is 2.25. The number of carbonyl (C=O) groups is 1. The standard InChI is InChI=1S/C11H16N2O3/c1-8-10(6-16-7-14)13-11(12-8)9-2-4-15-5-3-9/h7,9H,2-6H2,1H3,(H,12,13). The first-order valence-corrected chi connectivity index (χ1v) is 5.49. The average Bonchev–Trinajstić information content (AvgIpc) is 2.69. The summed E-state index contributed by atoms with van der Waals surface area (Å²) >= 11 is 0. The molecule has 0 unspecified atom stereocenters. The van der Waals surface area contributed by atoms with Crippen LogP contribution in [-0.4, -0.2) is 29.7 Å². The molecule has 0 radical (unpaired) electrons. The summed E-state index contributed by atoms with van der Waals surface area (Å²) in [7, 11) is 0. The van der Waals surface area contributed by atoms with E-state index >= 15 is 0 Å². The van der Waals surface area contributed by atoms with Crippen molar-refractivity contribution < 1.29 is 14.3 Å². The minimum Gasteiger partial charge on any atom is -0.461 e. The first-order chi connectivity index (χ1) is 7.81. The van der Waals surface area contributed by atoms with Crippen LogP contribution in [0.4, 0.5) is 0 Å². The van der Waals surface area contributed by atoms with E-state index in [0.29, 0.717) is 12.4 Å². The third-order valence-corrected chi connectivity index (χ3v) is 2.90. The summed E-state index contributed by atoms with van der Waals surface area (Å²) in [5.41, 5.74) is 1.79. The van der Waals surface area contributed by atoms with E-state index in [4.69, 9.17) is 9.47 Å². The molecule has 1 aliphatic heterocycles. The van der Waals surface area contributed by atoms with Crippen molar-refractivity contribution in [1.29, 1.82) is 0 Å². The van der Waals surface area contributed by atoms with E-state index in [1.54, 1.807) is 0 Å². The highest BCUT2D eigenvalue weighted by molar-refractivity contribution is 5.37. The Kier molecular flexibility index (Phi) is 3.56. The van der Waals surface area contributed by atoms with Gasteiger partial charge in [-0.3, -0.25) is 4.79 Å². The van der Waals surface area contributed by atoms with Gasteiger partial charge in [-0.1, -0.05) is 0 Å². The molecule has 5 heteroatoms. The highest BCUT2D eigenvalue weighted by Gasteiger charge is 2.20. The first-order valence-electron chi connectivity index (χ1n) is 5.49. The molecule has 0 aliphatic carbocycles. The Morgan fingerprint density at radius 3 is 3.00 bits per heavy atom. The summed E-state index contributed by atoms with van der Waals surface area (Å²) in [6.45, 7) is 4.23. The van der Waals surface area contributed by atoms with E-state index in [2.05, 4.69) is 9.97 Å². The third-order valence-electron chi connectivity index (χ3n) is 2.90. The Bertz CT molecular complexity index is 356. The van der Waals surface area contributed by atoms with Crippen LogP contribution in [-0.2, 0) is 20.9 Å². The van der Waals surface area contributed by atoms with Crippen molar-refractivity contribution >= 4 is 6.47 Å². The number of hydrogen-bond acceptors (Lipinski definition) is 4. The van der Waals surface area contributed by atoms with Gasteiger partial charge in [0, 0.05) is 24.8 Å². The van der Waals surface area contributed by atoms with Gasteiger partial charge in [-0.05, 0) is 19.8 Å². The number of imidazole rings is 1. The number of aryl methyl sites for hydroxylation is 1. The van der Waals surface area contributed by atoms with Crippen molar-refractivity contribution in [2.75, 3.05) is 13.2 Å². The van der Waals surface area contributed by atoms with Gasteiger partial charge < -0.3 is 14.5 Å². The van der Waals surface area contributed by atoms with E-state index in [1.807, 2.05) is 6.92 Å². The van der Waals surface area contributed by atoms with Crippen molar-refractivity contribution in [2.45, 2.75) is 32.3 Å². The summed E-state index contributed by atoms with van der Waals surface area (Å²) in [6, 6.07) is 0. The molecule has 1 aromatic heterocycles. The Hall–Kier alpha value is -1.36. The van der Waals surface area contributed by atoms with Gasteiger partial charge in [-0.25, -0.2) is 4.98 Å². The summed E-state index contributed by atoms with van der Waals surface area (Å²) in [4.78, 5) is 17.9. The van der Waals surface area contributed by atoms with Gasteiger partial charge in [0.2, 0.25) is 0 Å². The smallest absolute Gasteiger partial charge is 0.293 e. The molecule has 0 atom stereocenters. The van der Waals surface area contributed by atoms with Gasteiger partial charge in [0.05, 0.1) is 5.69 Å². The van der Waals surface area contributed by atoms with Crippen LogP contribution in [0.2, 0.25) is 0 Å². The van der Waals surface area contributed by atoms with Gasteiger partial charge in [0.25, 0.3) is 6.47 Å². The fourth-order valence-electron chi connectivity index (χ4n) is 1.94. The number of aromatic nitrogens is 2. The zero-order valence-corrected chi connectivity index (χ0v) is 9.36. The van der Waals surface area contributed by atoms with Crippen molar-refractivity contribution in [2.24, 2.45) is 0 Å². The van der Waals surface area contributed by atoms with Crippen LogP contribution in [0.3, 0.4) is 0 Å². The highest BCUT2D eigenvalue weighted by atomic mass is 16.5. The van der Waals surface area contributed by atoms with Gasteiger partial charge in [-0.15, -0.1) is 0 Å². The second-order valence-electron chi connectivity index (χ2n) is 3.99. The largest absolute Gasteiger partial charge is 0.461 e. The van der Waals surface area contributed by atoms with Gasteiger partial charge in [-0.2, -0.15) is 0 Å². The zero-order valence-electron chi connectivity index (χ0n) is 9.36. The molecule has 0 aromatic carbocycles. The number of rotatable bonds is 4. The van der Waals surface area contributed by atoms with Crippen molar-refractivity contribution in [1.82, 2.24) is 9.97 Å². The predicted octanol–water partition coefficient (Wildman–Crippen LogP) is 1.29. The number of carbonyl (C=O) groups excluding carboxylic acids is 1. The molecule has 0 amide bonds. The lowest BCUT2D eigenvalue weighted by atomic mass is 10.00. The maximum Gasteiger partial charge on any atom is 0.293 e. The Balaban J connectivity index is 2.06. The minimum absolute atomic E-state index is 0.245. The van der Waals surface area contributed by atoms with Crippen molar-refractivity contribution in [3.05, 3.63) is 17.2 Å². The van der Waals surface area contributed by atoms with Crippen LogP contribution in [0.15, 0.2) is 0 Å². The maximum absolute atomic E-state index is 10.1. The molecule has 0 bridgehead atoms. The van der Waals surface area contributed by atoms with Crippen LogP contribution in [0.5, 0.6) is 0 Å². The first kappa shape index (κ1) is 11.1. The lowest BCUT2D eigenvalue weighted by molar-refractivity contribution is -0.129. The van der Waals surface area contributed by atoms with Gasteiger partial charge in [0.15, 0.2) is 0 Å². The number of nitrogens with zero attached hydrogens (tertiary/aromatic N) is 1. The van der Waals surface area contributed by atoms with E-state index in [1.165, 1.54) is 0 Å². The third kappa shape index (κ3) is 2.41. The Morgan fingerprint density at radius 1 is 1.56 bits per heavy atom. The molecule has 16 heavy (non-hydrogen) atoms. The van der Waals surface area contributed by atoms with Crippen molar-refractivity contribution in [3.8, 4) is 0 Å². The molecule has 88 valence electrons. The van der Waals surface area contributed by atoms with Crippen LogP contribution < -0.4 is 0 Å². The van der Waals surface area contributed by atoms with E-state index < -0.39 is 0 Å². The molecule has 1 fully saturated rings. The molecule has 5 nitrogen and oxygen atoms in total. The lowest BCUT2D eigenvalue weighted by Gasteiger charge is -2.19. The van der Waals surface area contributed by atoms with E-state index in [-0.39, 0.29) is 6.61 Å². The molecule has 1 saturated heterocycles. The maximum atomic E-state index is 10.1. The molecular weight excluding hydrogens is 208 g/mol. The molecule has 1 N–H and O–H groups in total. The Labute approximate surface area is 94.2 Å². The van der Waals surface area contributed by atoms with Crippen LogP contribution in [0, 0.1) is 6.92 Å². The SMILES string of the molecule is Cc1[nH]c(C2CCOCC2)nc1COC=O. The zero-order chi connectivity index (χ0) is 11.4. The summed E-state index contributed by atoms with van der Waals surface area (Å²) < 4.78 is 10.0. The quantitative estimate of drug-likeness (QED) is 0.782. The molecule has 1 aliphatic rings. The second kappa shape index (κ2) is 5.12. The predicted molar refractivity (Wildman–Crippen MR) is 57.0 cm³/mol. The lowest BCUT2D eigenvalue weighted by Crippen LogP contribution is -2.15. The Morgan fingerprint density at radius 2 is 2.31 bits per heavy atom. The summed E-state index contributed by atoms with van der Waals surface area (Å²) in [6.07, 6.45) is 2.00. The molecular formula is C11H16N2O3. The number of aromatic amines is 1. The average molecular weight is 224 g/mol.